The number of hydrogen-bond acceptors (Lipinski definition) is 10. The van der Waals surface area contributed by atoms with Gasteiger partial charge in [-0.05, 0) is 44.4 Å². The Labute approximate surface area is 197 Å². The third-order valence-electron chi connectivity index (χ3n) is 4.47. The van der Waals surface area contributed by atoms with E-state index in [9.17, 15) is 18.9 Å². The van der Waals surface area contributed by atoms with Gasteiger partial charge in [0.05, 0.1) is 49.7 Å². The number of hydroxylamine groups is 1. The number of phosphoric ester groups is 1. The Kier molecular flexibility index (Phi) is 10.0. The Morgan fingerprint density at radius 1 is 0.824 bits per heavy atom. The first-order valence-electron chi connectivity index (χ1n) is 10.8. The van der Waals surface area contributed by atoms with E-state index in [0.29, 0.717) is 16.7 Å². The van der Waals surface area contributed by atoms with Gasteiger partial charge in [0.1, 0.15) is 0 Å². The fraction of sp³-hybridized carbons (Fsp3) is 0.409. The second-order valence-corrected chi connectivity index (χ2v) is 8.34. The first-order valence-corrected chi connectivity index (χ1v) is 12.2. The van der Waals surface area contributed by atoms with Gasteiger partial charge in [-0.25, -0.2) is 19.6 Å². The summed E-state index contributed by atoms with van der Waals surface area (Å²) in [5.41, 5.74) is 9.51. The molecule has 0 bridgehead atoms. The highest BCUT2D eigenvalue weighted by molar-refractivity contribution is 7.48. The van der Waals surface area contributed by atoms with Gasteiger partial charge in [-0.2, -0.15) is 4.62 Å². The quantitative estimate of drug-likeness (QED) is 0.254. The maximum Gasteiger partial charge on any atom is 0.496 e. The van der Waals surface area contributed by atoms with Crippen molar-refractivity contribution >= 4 is 31.4 Å². The van der Waals surface area contributed by atoms with Gasteiger partial charge >= 0.3 is 19.8 Å². The molecule has 2 rings (SSSR count). The van der Waals surface area contributed by atoms with Crippen molar-refractivity contribution in [3.05, 3.63) is 41.0 Å². The molecule has 0 aromatic heterocycles. The molecule has 0 unspecified atom stereocenters. The standard InChI is InChI=1S/C22H29N2O9P/c1-5-29-21(26)18-15-11-9-14(10-12-16(15)19(20(18)23)22(27)30-6-2)13-17(25)24-33-34(28,31-7-3)32-8-4/h9-12H,5-8,13,23H2,1-4H3,(H,24,25). The minimum Gasteiger partial charge on any atom is -0.462 e. The highest BCUT2D eigenvalue weighted by Gasteiger charge is 2.31. The van der Waals surface area contributed by atoms with E-state index < -0.39 is 25.7 Å². The summed E-state index contributed by atoms with van der Waals surface area (Å²) in [6, 6.07) is 6.30. The number of nitrogens with one attached hydrogen (secondary N) is 1. The molecule has 0 aromatic carbocycles. The van der Waals surface area contributed by atoms with E-state index in [1.165, 1.54) is 0 Å². The molecule has 0 aromatic rings. The molecular formula is C22H29N2O9P. The third kappa shape index (κ3) is 6.54. The molecule has 0 saturated carbocycles. The normalized spacial score (nSPS) is 11.3. The topological polar surface area (TPSA) is 152 Å². The summed E-state index contributed by atoms with van der Waals surface area (Å²) >= 11 is 0. The summed E-state index contributed by atoms with van der Waals surface area (Å²) in [5, 5.41) is 0. The van der Waals surface area contributed by atoms with Crippen molar-refractivity contribution in [2.45, 2.75) is 34.1 Å². The van der Waals surface area contributed by atoms with Crippen molar-refractivity contribution < 1.29 is 42.1 Å². The van der Waals surface area contributed by atoms with Crippen LogP contribution in [0.3, 0.4) is 0 Å². The van der Waals surface area contributed by atoms with Crippen LogP contribution in [0.4, 0.5) is 5.69 Å². The lowest BCUT2D eigenvalue weighted by molar-refractivity contribution is -0.128. The molecule has 1 amide bonds. The molecular weight excluding hydrogens is 467 g/mol. The summed E-state index contributed by atoms with van der Waals surface area (Å²) in [7, 11) is -3.92. The average molecular weight is 496 g/mol. The minimum absolute atomic E-state index is 0.0339. The molecule has 12 heteroatoms. The number of nitrogens with two attached hydrogens (primary N) is 1. The highest BCUT2D eigenvalue weighted by Crippen LogP contribution is 2.48. The van der Waals surface area contributed by atoms with E-state index in [2.05, 4.69) is 5.48 Å². The number of fused-ring (bicyclic) bond motifs is 1. The Morgan fingerprint density at radius 2 is 1.29 bits per heavy atom. The fourth-order valence-corrected chi connectivity index (χ4v) is 4.19. The predicted molar refractivity (Wildman–Crippen MR) is 123 cm³/mol. The second kappa shape index (κ2) is 12.5. The van der Waals surface area contributed by atoms with Gasteiger partial charge in [0.15, 0.2) is 0 Å². The Bertz CT molecular complexity index is 991. The average Bonchev–Trinajstić information content (AvgIpc) is 2.91. The first kappa shape index (κ1) is 27.3. The van der Waals surface area contributed by atoms with Crippen molar-refractivity contribution in [2.24, 2.45) is 0 Å². The number of hydrogen-bond donors (Lipinski definition) is 2. The Morgan fingerprint density at radius 3 is 1.71 bits per heavy atom. The maximum absolute atomic E-state index is 12.5. The lowest BCUT2D eigenvalue weighted by Crippen LogP contribution is -2.25. The van der Waals surface area contributed by atoms with Crippen LogP contribution in [0.1, 0.15) is 54.0 Å². The predicted octanol–water partition coefficient (Wildman–Crippen LogP) is 3.50. The van der Waals surface area contributed by atoms with Crippen LogP contribution in [0, 0.1) is 0 Å². The number of ether oxygens (including phenoxy) is 2. The monoisotopic (exact) mass is 496 g/mol. The van der Waals surface area contributed by atoms with Gasteiger partial charge in [0.25, 0.3) is 0 Å². The fourth-order valence-electron chi connectivity index (χ4n) is 3.17. The Balaban J connectivity index is 2.36. The van der Waals surface area contributed by atoms with Crippen LogP contribution in [0.15, 0.2) is 24.3 Å². The molecule has 186 valence electrons. The van der Waals surface area contributed by atoms with Gasteiger partial charge in [0.2, 0.25) is 5.91 Å². The van der Waals surface area contributed by atoms with Gasteiger partial charge in [-0.15, -0.1) is 0 Å². The van der Waals surface area contributed by atoms with E-state index in [1.54, 1.807) is 52.0 Å². The molecule has 0 atom stereocenters. The number of phosphoric acid groups is 1. The van der Waals surface area contributed by atoms with Crippen LogP contribution in [0.2, 0.25) is 0 Å². The highest BCUT2D eigenvalue weighted by atomic mass is 31.2. The Hall–Kier alpha value is -2.98. The summed E-state index contributed by atoms with van der Waals surface area (Å²) in [6.45, 7) is 6.88. The number of carbonyl (C=O) groups is 3. The molecule has 2 aliphatic carbocycles. The second-order valence-electron chi connectivity index (χ2n) is 6.75. The molecule has 3 N–H and O–H groups in total. The van der Waals surface area contributed by atoms with E-state index in [1.807, 2.05) is 0 Å². The van der Waals surface area contributed by atoms with Gasteiger partial charge in [-0.3, -0.25) is 13.8 Å². The zero-order valence-corrected chi connectivity index (χ0v) is 20.4. The molecule has 0 radical (unpaired) electrons. The van der Waals surface area contributed by atoms with Crippen molar-refractivity contribution in [1.29, 1.82) is 0 Å². The van der Waals surface area contributed by atoms with Crippen LogP contribution in [0.5, 0.6) is 0 Å². The lowest BCUT2D eigenvalue weighted by Gasteiger charge is -2.15. The number of anilines is 1. The smallest absolute Gasteiger partial charge is 0.462 e. The van der Waals surface area contributed by atoms with Gasteiger partial charge < -0.3 is 15.2 Å². The van der Waals surface area contributed by atoms with Crippen LogP contribution in [0.25, 0.3) is 11.1 Å². The van der Waals surface area contributed by atoms with Crippen molar-refractivity contribution in [1.82, 2.24) is 5.48 Å². The van der Waals surface area contributed by atoms with Crippen LogP contribution >= 0.6 is 7.82 Å². The molecule has 2 aliphatic rings. The zero-order valence-electron chi connectivity index (χ0n) is 19.5. The SMILES string of the molecule is CCOC(=O)c1c2ccc(CC(=O)NOP(=O)(OCC)OCC)ccc-2c(C(=O)OCC)c1N. The summed E-state index contributed by atoms with van der Waals surface area (Å²) in [5.74, 6) is -1.98. The van der Waals surface area contributed by atoms with Crippen LogP contribution in [-0.4, -0.2) is 44.3 Å². The number of carbonyl (C=O) groups excluding carboxylic acids is 3. The molecule has 0 heterocycles. The van der Waals surface area contributed by atoms with E-state index in [-0.39, 0.29) is 49.7 Å². The number of nitrogen functional groups attached to an aromatic ring is 1. The zero-order chi connectivity index (χ0) is 25.3. The molecule has 0 spiro atoms. The largest absolute Gasteiger partial charge is 0.496 e. The van der Waals surface area contributed by atoms with Gasteiger partial charge in [-0.1, -0.05) is 24.3 Å². The van der Waals surface area contributed by atoms with Crippen molar-refractivity contribution in [2.75, 3.05) is 32.2 Å². The van der Waals surface area contributed by atoms with Crippen LogP contribution in [-0.2, 0) is 38.9 Å². The molecule has 0 aliphatic heterocycles. The maximum atomic E-state index is 12.5. The summed E-state index contributed by atoms with van der Waals surface area (Å²) < 4.78 is 37.3. The first-order chi connectivity index (χ1) is 16.2. The van der Waals surface area contributed by atoms with E-state index >= 15 is 0 Å². The molecule has 11 nitrogen and oxygen atoms in total. The van der Waals surface area contributed by atoms with Gasteiger partial charge in [0, 0.05) is 0 Å². The lowest BCUT2D eigenvalue weighted by atomic mass is 10.1. The summed E-state index contributed by atoms with van der Waals surface area (Å²) in [4.78, 5) is 37.4. The van der Waals surface area contributed by atoms with E-state index in [4.69, 9.17) is 28.9 Å². The molecule has 34 heavy (non-hydrogen) atoms. The molecule has 0 saturated heterocycles. The van der Waals surface area contributed by atoms with E-state index in [0.717, 1.165) is 0 Å². The number of amides is 1. The number of esters is 2. The minimum atomic E-state index is -3.92. The van der Waals surface area contributed by atoms with Crippen LogP contribution < -0.4 is 11.2 Å². The summed E-state index contributed by atoms with van der Waals surface area (Å²) in [6.07, 6.45) is -0.172. The van der Waals surface area contributed by atoms with Crippen molar-refractivity contribution in [3.8, 4) is 11.1 Å². The number of rotatable bonds is 12. The molecule has 0 fully saturated rings. The van der Waals surface area contributed by atoms with Crippen molar-refractivity contribution in [3.63, 3.8) is 0 Å². The third-order valence-corrected chi connectivity index (χ3v) is 5.93.